The quantitative estimate of drug-likeness (QED) is 0.539. The van der Waals surface area contributed by atoms with E-state index < -0.39 is 35.0 Å². The van der Waals surface area contributed by atoms with E-state index in [2.05, 4.69) is 4.98 Å². The second-order valence-corrected chi connectivity index (χ2v) is 9.90. The molecule has 1 aromatic heterocycles. The zero-order valence-electron chi connectivity index (χ0n) is 20.5. The summed E-state index contributed by atoms with van der Waals surface area (Å²) in [4.78, 5) is 31.9. The van der Waals surface area contributed by atoms with E-state index in [1.54, 1.807) is 43.0 Å². The highest BCUT2D eigenvalue weighted by atomic mass is 32.1. The SMILES string of the molecule is CC1(C)C(=O)N(c2cnc(C#N)c(C(F)(F)F)c2)C(=S)N1c1ccc(OCC2CCN(C(=O)O)CC2)cc1. The summed E-state index contributed by atoms with van der Waals surface area (Å²) in [6, 6.07) is 8.94. The number of carbonyl (C=O) groups excluding carboxylic acids is 1. The summed E-state index contributed by atoms with van der Waals surface area (Å²) < 4.78 is 46.3. The Kier molecular flexibility index (Phi) is 7.20. The van der Waals surface area contributed by atoms with Gasteiger partial charge in [0.05, 0.1) is 24.1 Å². The van der Waals surface area contributed by atoms with Crippen LogP contribution in [0, 0.1) is 17.2 Å². The van der Waals surface area contributed by atoms with Crippen molar-refractivity contribution in [2.24, 2.45) is 5.92 Å². The number of hydrogen-bond acceptors (Lipinski definition) is 6. The Morgan fingerprint density at radius 1 is 1.24 bits per heavy atom. The molecule has 2 saturated heterocycles. The Morgan fingerprint density at radius 3 is 2.42 bits per heavy atom. The van der Waals surface area contributed by atoms with Crippen molar-refractivity contribution in [3.8, 4) is 11.8 Å². The molecule has 2 aliphatic rings. The number of pyridine rings is 1. The largest absolute Gasteiger partial charge is 0.493 e. The van der Waals surface area contributed by atoms with Crippen molar-refractivity contribution in [1.82, 2.24) is 9.88 Å². The number of hydrogen-bond donors (Lipinski definition) is 1. The van der Waals surface area contributed by atoms with Gasteiger partial charge in [0.2, 0.25) is 0 Å². The number of alkyl halides is 3. The lowest BCUT2D eigenvalue weighted by Crippen LogP contribution is -2.44. The molecule has 13 heteroatoms. The van der Waals surface area contributed by atoms with E-state index in [1.165, 1.54) is 11.0 Å². The van der Waals surface area contributed by atoms with Crippen LogP contribution in [0.15, 0.2) is 36.5 Å². The lowest BCUT2D eigenvalue weighted by molar-refractivity contribution is -0.138. The Morgan fingerprint density at radius 2 is 1.87 bits per heavy atom. The molecule has 2 aliphatic heterocycles. The van der Waals surface area contributed by atoms with E-state index in [4.69, 9.17) is 27.3 Å². The van der Waals surface area contributed by atoms with Gasteiger partial charge in [0.1, 0.15) is 17.4 Å². The Balaban J connectivity index is 1.51. The average molecular weight is 548 g/mol. The third-order valence-electron chi connectivity index (χ3n) is 6.68. The van der Waals surface area contributed by atoms with E-state index in [1.807, 2.05) is 0 Å². The number of piperidine rings is 1. The second kappa shape index (κ2) is 10.1. The molecule has 0 unspecified atom stereocenters. The summed E-state index contributed by atoms with van der Waals surface area (Å²) in [5.41, 5.74) is -2.91. The molecule has 38 heavy (non-hydrogen) atoms. The van der Waals surface area contributed by atoms with Gasteiger partial charge in [-0.1, -0.05) is 0 Å². The monoisotopic (exact) mass is 547 g/mol. The second-order valence-electron chi connectivity index (χ2n) is 9.53. The van der Waals surface area contributed by atoms with Crippen LogP contribution in [0.25, 0.3) is 0 Å². The fourth-order valence-electron chi connectivity index (χ4n) is 4.53. The first-order valence-corrected chi connectivity index (χ1v) is 12.1. The highest BCUT2D eigenvalue weighted by molar-refractivity contribution is 7.81. The van der Waals surface area contributed by atoms with Gasteiger partial charge >= 0.3 is 12.3 Å². The van der Waals surface area contributed by atoms with Crippen LogP contribution in [-0.4, -0.2) is 57.3 Å². The smallest absolute Gasteiger partial charge is 0.419 e. The van der Waals surface area contributed by atoms with Crippen molar-refractivity contribution in [2.45, 2.75) is 38.4 Å². The van der Waals surface area contributed by atoms with E-state index in [0.29, 0.717) is 50.0 Å². The summed E-state index contributed by atoms with van der Waals surface area (Å²) in [6.45, 7) is 4.58. The molecule has 4 rings (SSSR count). The first-order valence-electron chi connectivity index (χ1n) is 11.7. The molecule has 2 amide bonds. The number of ether oxygens (including phenoxy) is 1. The minimum atomic E-state index is -4.84. The third-order valence-corrected chi connectivity index (χ3v) is 7.04. The maximum absolute atomic E-state index is 13.5. The molecule has 0 saturated carbocycles. The normalized spacial score (nSPS) is 18.1. The van der Waals surface area contributed by atoms with Crippen LogP contribution < -0.4 is 14.5 Å². The topological polar surface area (TPSA) is 110 Å². The van der Waals surface area contributed by atoms with E-state index in [-0.39, 0.29) is 16.7 Å². The zero-order valence-corrected chi connectivity index (χ0v) is 21.3. The lowest BCUT2D eigenvalue weighted by atomic mass is 9.98. The van der Waals surface area contributed by atoms with Gasteiger partial charge in [-0.2, -0.15) is 18.4 Å². The molecular weight excluding hydrogens is 523 g/mol. The number of carboxylic acid groups (broad SMARTS) is 1. The lowest BCUT2D eigenvalue weighted by Gasteiger charge is -2.30. The number of likely N-dealkylation sites (tertiary alicyclic amines) is 1. The number of carbonyl (C=O) groups is 2. The number of nitrogens with zero attached hydrogens (tertiary/aromatic N) is 5. The van der Waals surface area contributed by atoms with Crippen LogP contribution in [0.3, 0.4) is 0 Å². The Hall–Kier alpha value is -3.92. The highest BCUT2D eigenvalue weighted by Gasteiger charge is 2.51. The van der Waals surface area contributed by atoms with Gasteiger partial charge in [0.15, 0.2) is 10.8 Å². The summed E-state index contributed by atoms with van der Waals surface area (Å²) in [5, 5.41) is 18.1. The van der Waals surface area contributed by atoms with Gasteiger partial charge in [-0.15, -0.1) is 0 Å². The van der Waals surface area contributed by atoms with Crippen molar-refractivity contribution in [1.29, 1.82) is 5.26 Å². The van der Waals surface area contributed by atoms with Gasteiger partial charge in [0, 0.05) is 18.8 Å². The molecular formula is C25H24F3N5O4S. The fraction of sp³-hybridized carbons (Fsp3) is 0.400. The maximum Gasteiger partial charge on any atom is 0.419 e. The average Bonchev–Trinajstić information content (AvgIpc) is 3.05. The molecule has 0 spiro atoms. The number of halogens is 3. The van der Waals surface area contributed by atoms with Crippen LogP contribution in [0.1, 0.15) is 37.9 Å². The number of amides is 2. The number of rotatable bonds is 5. The molecule has 3 heterocycles. The van der Waals surface area contributed by atoms with Crippen molar-refractivity contribution in [3.63, 3.8) is 0 Å². The van der Waals surface area contributed by atoms with Gasteiger partial charge in [-0.25, -0.2) is 9.78 Å². The zero-order chi connectivity index (χ0) is 27.8. The number of thiocarbonyl (C=S) groups is 1. The van der Waals surface area contributed by atoms with Gasteiger partial charge in [-0.05, 0) is 75.2 Å². The van der Waals surface area contributed by atoms with E-state index in [9.17, 15) is 22.8 Å². The van der Waals surface area contributed by atoms with E-state index >= 15 is 0 Å². The molecule has 0 radical (unpaired) electrons. The first-order chi connectivity index (χ1) is 17.8. The van der Waals surface area contributed by atoms with Gasteiger partial charge in [0.25, 0.3) is 5.91 Å². The van der Waals surface area contributed by atoms with E-state index in [0.717, 1.165) is 11.1 Å². The maximum atomic E-state index is 13.5. The molecule has 2 fully saturated rings. The van der Waals surface area contributed by atoms with Crippen molar-refractivity contribution < 1.29 is 32.6 Å². The minimum Gasteiger partial charge on any atom is -0.493 e. The van der Waals surface area contributed by atoms with Crippen molar-refractivity contribution >= 4 is 40.7 Å². The number of anilines is 2. The number of benzene rings is 1. The first kappa shape index (κ1) is 27.1. The molecule has 0 aliphatic carbocycles. The van der Waals surface area contributed by atoms with Crippen LogP contribution in [0.2, 0.25) is 0 Å². The van der Waals surface area contributed by atoms with Crippen LogP contribution in [0.4, 0.5) is 29.3 Å². The summed E-state index contributed by atoms with van der Waals surface area (Å²) in [6.07, 6.45) is -3.32. The molecule has 1 aromatic carbocycles. The molecule has 0 bridgehead atoms. The van der Waals surface area contributed by atoms with Crippen LogP contribution in [-0.2, 0) is 11.0 Å². The Bertz CT molecular complexity index is 1300. The standard InChI is InChI=1S/C25H24F3N5O4S/c1-24(2)21(34)32(17-11-19(25(26,27)28)20(12-29)30-13-17)22(38)33(24)16-3-5-18(6-4-16)37-14-15-7-9-31(10-8-15)23(35)36/h3-6,11,13,15H,7-10,14H2,1-2H3,(H,35,36). The molecule has 2 aromatic rings. The summed E-state index contributed by atoms with van der Waals surface area (Å²) in [5.74, 6) is 0.256. The highest BCUT2D eigenvalue weighted by Crippen LogP contribution is 2.39. The predicted octanol–water partition coefficient (Wildman–Crippen LogP) is 4.66. The predicted molar refractivity (Wildman–Crippen MR) is 135 cm³/mol. The minimum absolute atomic E-state index is 0.0292. The third kappa shape index (κ3) is 5.08. The summed E-state index contributed by atoms with van der Waals surface area (Å²) >= 11 is 5.53. The van der Waals surface area contributed by atoms with Crippen molar-refractivity contribution in [2.75, 3.05) is 29.5 Å². The molecule has 9 nitrogen and oxygen atoms in total. The fourth-order valence-corrected chi connectivity index (χ4v) is 5.06. The molecule has 1 N–H and O–H groups in total. The van der Waals surface area contributed by atoms with Gasteiger partial charge < -0.3 is 19.6 Å². The number of aromatic nitrogens is 1. The molecule has 0 atom stereocenters. The van der Waals surface area contributed by atoms with Crippen LogP contribution >= 0.6 is 12.2 Å². The summed E-state index contributed by atoms with van der Waals surface area (Å²) in [7, 11) is 0. The van der Waals surface area contributed by atoms with Crippen LogP contribution in [0.5, 0.6) is 5.75 Å². The molecule has 200 valence electrons. The number of nitriles is 1. The Labute approximate surface area is 222 Å². The van der Waals surface area contributed by atoms with Crippen molar-refractivity contribution in [3.05, 3.63) is 47.8 Å². The van der Waals surface area contributed by atoms with Gasteiger partial charge in [-0.3, -0.25) is 9.69 Å².